The molecule has 0 aliphatic heterocycles. The van der Waals surface area contributed by atoms with Crippen molar-refractivity contribution in [1.82, 2.24) is 0 Å². The molecular weight excluding hydrogens is 217 g/mol. The fourth-order valence-electron chi connectivity index (χ4n) is 1.09. The molecule has 0 amide bonds. The van der Waals surface area contributed by atoms with Crippen LogP contribution in [0.25, 0.3) is 0 Å². The highest BCUT2D eigenvalue weighted by atomic mass is 32.2. The molecule has 0 spiro atoms. The molecule has 1 rings (SSSR count). The molecule has 1 aromatic rings. The molecule has 0 saturated heterocycles. The summed E-state index contributed by atoms with van der Waals surface area (Å²) in [5.41, 5.74) is 5.30. The number of carboxylic acid groups (broad SMARTS) is 1. The van der Waals surface area contributed by atoms with Crippen LogP contribution in [0.3, 0.4) is 0 Å². The molecule has 1 atom stereocenters. The number of rotatable bonds is 5. The first kappa shape index (κ1) is 12.0. The van der Waals surface area contributed by atoms with Gasteiger partial charge in [0.1, 0.15) is 11.1 Å². The third-order valence-electron chi connectivity index (χ3n) is 1.78. The number of benzene rings is 1. The number of carboxylic acids is 1. The third kappa shape index (κ3) is 3.89. The van der Waals surface area contributed by atoms with Crippen molar-refractivity contribution in [3.63, 3.8) is 0 Å². The lowest BCUT2D eigenvalue weighted by Crippen LogP contribution is -2.20. The molecule has 5 heteroatoms. The summed E-state index contributed by atoms with van der Waals surface area (Å²) < 4.78 is 12.8. The molecule has 0 aromatic heterocycles. The largest absolute Gasteiger partial charge is 0.480 e. The second kappa shape index (κ2) is 5.72. The highest BCUT2D eigenvalue weighted by Crippen LogP contribution is 2.25. The van der Waals surface area contributed by atoms with Gasteiger partial charge in [-0.05, 0) is 31.2 Å². The van der Waals surface area contributed by atoms with E-state index in [1.165, 1.54) is 12.1 Å². The maximum absolute atomic E-state index is 12.8. The van der Waals surface area contributed by atoms with Crippen molar-refractivity contribution < 1.29 is 14.3 Å². The molecule has 1 unspecified atom stereocenters. The van der Waals surface area contributed by atoms with Crippen molar-refractivity contribution in [3.05, 3.63) is 30.1 Å². The van der Waals surface area contributed by atoms with Gasteiger partial charge >= 0.3 is 5.97 Å². The molecule has 0 saturated carbocycles. The van der Waals surface area contributed by atoms with Crippen LogP contribution < -0.4 is 5.73 Å². The fraction of sp³-hybridized carbons (Fsp3) is 0.300. The second-order valence-electron chi connectivity index (χ2n) is 2.98. The average molecular weight is 229 g/mol. The van der Waals surface area contributed by atoms with Crippen molar-refractivity contribution in [1.29, 1.82) is 0 Å². The zero-order valence-electron chi connectivity index (χ0n) is 8.02. The predicted octanol–water partition coefficient (Wildman–Crippen LogP) is 1.72. The van der Waals surface area contributed by atoms with Crippen molar-refractivity contribution >= 4 is 17.7 Å². The van der Waals surface area contributed by atoms with Crippen LogP contribution in [0.2, 0.25) is 0 Å². The Hall–Kier alpha value is -1.07. The molecule has 82 valence electrons. The van der Waals surface area contributed by atoms with E-state index >= 15 is 0 Å². The fourth-order valence-corrected chi connectivity index (χ4v) is 2.11. The maximum atomic E-state index is 12.8. The Morgan fingerprint density at radius 3 is 2.87 bits per heavy atom. The van der Waals surface area contributed by atoms with Gasteiger partial charge in [0.2, 0.25) is 0 Å². The quantitative estimate of drug-likeness (QED) is 0.755. The molecular formula is C10H12FNO2S. The second-order valence-corrected chi connectivity index (χ2v) is 4.26. The van der Waals surface area contributed by atoms with Crippen molar-refractivity contribution in [2.24, 2.45) is 5.73 Å². The minimum atomic E-state index is -0.922. The first-order chi connectivity index (χ1) is 7.13. The third-order valence-corrected chi connectivity index (χ3v) is 3.03. The van der Waals surface area contributed by atoms with E-state index < -0.39 is 11.2 Å². The first-order valence-electron chi connectivity index (χ1n) is 4.48. The van der Waals surface area contributed by atoms with Crippen molar-refractivity contribution in [3.8, 4) is 0 Å². The predicted molar refractivity (Wildman–Crippen MR) is 57.4 cm³/mol. The van der Waals surface area contributed by atoms with Crippen LogP contribution in [0.1, 0.15) is 6.42 Å². The molecule has 3 nitrogen and oxygen atoms in total. The van der Waals surface area contributed by atoms with Gasteiger partial charge in [0, 0.05) is 4.90 Å². The Kier molecular flexibility index (Phi) is 4.58. The molecule has 0 aliphatic carbocycles. The maximum Gasteiger partial charge on any atom is 0.317 e. The van der Waals surface area contributed by atoms with Crippen LogP contribution >= 0.6 is 11.8 Å². The average Bonchev–Trinajstić information content (AvgIpc) is 2.17. The Morgan fingerprint density at radius 2 is 2.33 bits per heavy atom. The van der Waals surface area contributed by atoms with Crippen LogP contribution in [0.15, 0.2) is 29.2 Å². The van der Waals surface area contributed by atoms with Gasteiger partial charge in [-0.2, -0.15) is 0 Å². The number of hydrogen-bond donors (Lipinski definition) is 2. The van der Waals surface area contributed by atoms with Crippen molar-refractivity contribution in [2.45, 2.75) is 16.6 Å². The molecule has 0 aliphatic rings. The highest BCUT2D eigenvalue weighted by molar-refractivity contribution is 8.00. The topological polar surface area (TPSA) is 63.3 Å². The number of nitrogens with two attached hydrogens (primary N) is 1. The monoisotopic (exact) mass is 229 g/mol. The van der Waals surface area contributed by atoms with E-state index in [0.29, 0.717) is 17.9 Å². The van der Waals surface area contributed by atoms with E-state index in [9.17, 15) is 9.18 Å². The van der Waals surface area contributed by atoms with Gasteiger partial charge in [0.25, 0.3) is 0 Å². The number of halogens is 1. The standard InChI is InChI=1S/C10H12FNO2S/c11-7-2-1-3-8(6-7)15-9(4-5-12)10(13)14/h1-3,6,9H,4-5,12H2,(H,13,14). The number of aliphatic carboxylic acids is 1. The van der Waals surface area contributed by atoms with E-state index in [4.69, 9.17) is 10.8 Å². The molecule has 15 heavy (non-hydrogen) atoms. The van der Waals surface area contributed by atoms with E-state index in [2.05, 4.69) is 0 Å². The summed E-state index contributed by atoms with van der Waals surface area (Å²) in [6.45, 7) is 0.305. The van der Waals surface area contributed by atoms with Crippen molar-refractivity contribution in [2.75, 3.05) is 6.54 Å². The van der Waals surface area contributed by atoms with Gasteiger partial charge in [-0.25, -0.2) is 4.39 Å². The van der Waals surface area contributed by atoms with Crippen LogP contribution in [-0.4, -0.2) is 22.9 Å². The number of carbonyl (C=O) groups is 1. The molecule has 0 fully saturated rings. The first-order valence-corrected chi connectivity index (χ1v) is 5.36. The Labute approximate surface area is 91.5 Å². The number of hydrogen-bond acceptors (Lipinski definition) is 3. The SMILES string of the molecule is NCCC(Sc1cccc(F)c1)C(=O)O. The minimum absolute atomic E-state index is 0.305. The molecule has 3 N–H and O–H groups in total. The normalized spacial score (nSPS) is 12.4. The summed E-state index contributed by atoms with van der Waals surface area (Å²) in [6, 6.07) is 5.87. The van der Waals surface area contributed by atoms with Crippen LogP contribution in [0.5, 0.6) is 0 Å². The van der Waals surface area contributed by atoms with Gasteiger partial charge in [-0.3, -0.25) is 4.79 Å². The summed E-state index contributed by atoms with van der Waals surface area (Å²) in [7, 11) is 0. The van der Waals surface area contributed by atoms with Gasteiger partial charge in [-0.1, -0.05) is 6.07 Å². The van der Waals surface area contributed by atoms with Gasteiger partial charge < -0.3 is 10.8 Å². The lowest BCUT2D eigenvalue weighted by Gasteiger charge is -2.10. The van der Waals surface area contributed by atoms with Gasteiger partial charge in [0.05, 0.1) is 0 Å². The molecule has 1 aromatic carbocycles. The molecule has 0 bridgehead atoms. The Balaban J connectivity index is 2.69. The van der Waals surface area contributed by atoms with Gasteiger partial charge in [0.15, 0.2) is 0 Å². The highest BCUT2D eigenvalue weighted by Gasteiger charge is 2.17. The lowest BCUT2D eigenvalue weighted by molar-refractivity contribution is -0.136. The van der Waals surface area contributed by atoms with Crippen LogP contribution in [0, 0.1) is 5.82 Å². The Morgan fingerprint density at radius 1 is 1.60 bits per heavy atom. The van der Waals surface area contributed by atoms with E-state index in [1.54, 1.807) is 12.1 Å². The molecule has 0 radical (unpaired) electrons. The lowest BCUT2D eigenvalue weighted by atomic mass is 10.3. The summed E-state index contributed by atoms with van der Waals surface area (Å²) in [5.74, 6) is -1.29. The van der Waals surface area contributed by atoms with Gasteiger partial charge in [-0.15, -0.1) is 11.8 Å². The van der Waals surface area contributed by atoms with Crippen LogP contribution in [-0.2, 0) is 4.79 Å². The summed E-state index contributed by atoms with van der Waals surface area (Å²) in [5, 5.41) is 8.25. The summed E-state index contributed by atoms with van der Waals surface area (Å²) in [6.07, 6.45) is 0.372. The minimum Gasteiger partial charge on any atom is -0.480 e. The zero-order valence-corrected chi connectivity index (χ0v) is 8.84. The van der Waals surface area contributed by atoms with E-state index in [1.807, 2.05) is 0 Å². The summed E-state index contributed by atoms with van der Waals surface area (Å²) in [4.78, 5) is 11.4. The Bertz CT molecular complexity index is 346. The smallest absolute Gasteiger partial charge is 0.317 e. The summed E-state index contributed by atoms with van der Waals surface area (Å²) >= 11 is 1.12. The van der Waals surface area contributed by atoms with Crippen LogP contribution in [0.4, 0.5) is 4.39 Å². The molecule has 0 heterocycles. The zero-order chi connectivity index (χ0) is 11.3. The van der Waals surface area contributed by atoms with E-state index in [0.717, 1.165) is 11.8 Å². The van der Waals surface area contributed by atoms with E-state index in [-0.39, 0.29) is 5.82 Å². The number of thioether (sulfide) groups is 1.